The highest BCUT2D eigenvalue weighted by Crippen LogP contribution is 2.38. The first-order valence-electron chi connectivity index (χ1n) is 7.03. The zero-order chi connectivity index (χ0) is 17.5. The van der Waals surface area contributed by atoms with Crippen molar-refractivity contribution >= 4 is 0 Å². The predicted octanol–water partition coefficient (Wildman–Crippen LogP) is -6.01. The highest BCUT2D eigenvalue weighted by atomic mass is 16.6. The van der Waals surface area contributed by atoms with Crippen LogP contribution in [0.15, 0.2) is 0 Å². The monoisotopic (exact) mass is 342 g/mol. The van der Waals surface area contributed by atoms with Gasteiger partial charge in [-0.3, -0.25) is 0 Å². The van der Waals surface area contributed by atoms with E-state index < -0.39 is 73.9 Å². The Labute approximate surface area is 130 Å². The van der Waals surface area contributed by atoms with Gasteiger partial charge in [-0.05, 0) is 0 Å². The fraction of sp³-hybridized carbons (Fsp3) is 1.00. The molecule has 0 aliphatic carbocycles. The number of hydrogen-bond donors (Lipinski definition) is 9. The summed E-state index contributed by atoms with van der Waals surface area (Å²) in [5.41, 5.74) is -2.64. The Morgan fingerprint density at radius 3 is 1.87 bits per heavy atom. The molecule has 0 aromatic heterocycles. The maximum atomic E-state index is 10.7. The minimum Gasteiger partial charge on any atom is -0.394 e. The molecule has 2 rings (SSSR count). The van der Waals surface area contributed by atoms with Gasteiger partial charge in [-0.2, -0.15) is 0 Å². The van der Waals surface area contributed by atoms with E-state index in [1.807, 2.05) is 0 Å². The zero-order valence-corrected chi connectivity index (χ0v) is 12.0. The number of aliphatic hydroxyl groups excluding tert-OH is 8. The molecular weight excluding hydrogens is 320 g/mol. The van der Waals surface area contributed by atoms with Crippen molar-refractivity contribution in [2.45, 2.75) is 60.7 Å². The molecular formula is C12H22O11. The molecule has 2 aliphatic rings. The second-order valence-corrected chi connectivity index (χ2v) is 5.77. The van der Waals surface area contributed by atoms with Crippen molar-refractivity contribution in [3.05, 3.63) is 0 Å². The Hall–Kier alpha value is -0.440. The minimum absolute atomic E-state index is 0.774. The first-order valence-corrected chi connectivity index (χ1v) is 7.03. The Morgan fingerprint density at radius 2 is 1.35 bits per heavy atom. The van der Waals surface area contributed by atoms with Crippen LogP contribution >= 0.6 is 0 Å². The molecule has 0 amide bonds. The van der Waals surface area contributed by atoms with Crippen molar-refractivity contribution in [2.75, 3.05) is 13.2 Å². The lowest BCUT2D eigenvalue weighted by molar-refractivity contribution is -0.367. The maximum Gasteiger partial charge on any atom is 0.184 e. The number of hydrogen-bond acceptors (Lipinski definition) is 11. The second kappa shape index (κ2) is 6.82. The fourth-order valence-electron chi connectivity index (χ4n) is 3.00. The lowest BCUT2D eigenvalue weighted by Gasteiger charge is -2.54. The molecule has 0 aromatic rings. The summed E-state index contributed by atoms with van der Waals surface area (Å²) >= 11 is 0. The van der Waals surface area contributed by atoms with E-state index in [4.69, 9.17) is 14.6 Å². The average molecular weight is 342 g/mol. The molecule has 0 unspecified atom stereocenters. The molecule has 9 N–H and O–H groups in total. The van der Waals surface area contributed by atoms with Crippen LogP contribution in [0.3, 0.4) is 0 Å². The summed E-state index contributed by atoms with van der Waals surface area (Å²) < 4.78 is 9.97. The van der Waals surface area contributed by atoms with E-state index in [0.717, 1.165) is 0 Å². The van der Waals surface area contributed by atoms with E-state index in [1.54, 1.807) is 0 Å². The first kappa shape index (κ1) is 18.9. The summed E-state index contributed by atoms with van der Waals surface area (Å²) in [7, 11) is 0. The molecule has 0 bridgehead atoms. The lowest BCUT2D eigenvalue weighted by atomic mass is 9.75. The van der Waals surface area contributed by atoms with E-state index in [2.05, 4.69) is 0 Å². The zero-order valence-electron chi connectivity index (χ0n) is 12.0. The van der Waals surface area contributed by atoms with Gasteiger partial charge in [0.2, 0.25) is 0 Å². The van der Waals surface area contributed by atoms with Crippen LogP contribution in [-0.4, -0.2) is 120 Å². The third kappa shape index (κ3) is 2.88. The Bertz CT molecular complexity index is 402. The standard InChI is InChI=1S/C12H22O11/c13-1-3-5(15)6(16)7(17)10(22-3)12(21)4(2-14)23-11(20)8(18)9(12)19/h3-11,13-21H,1-2H2/t3-,4-,5+,6+,7-,8-,9-,10-,11+,12+/m0/s1. The van der Waals surface area contributed by atoms with Crippen LogP contribution < -0.4 is 0 Å². The molecule has 0 saturated carbocycles. The Balaban J connectivity index is 2.38. The molecule has 2 heterocycles. The summed E-state index contributed by atoms with van der Waals surface area (Å²) in [5.74, 6) is 0. The highest BCUT2D eigenvalue weighted by Gasteiger charge is 2.63. The molecule has 11 heteroatoms. The predicted molar refractivity (Wildman–Crippen MR) is 68.7 cm³/mol. The van der Waals surface area contributed by atoms with Gasteiger partial charge < -0.3 is 55.4 Å². The van der Waals surface area contributed by atoms with Gasteiger partial charge in [0.05, 0.1) is 13.2 Å². The van der Waals surface area contributed by atoms with Gasteiger partial charge in [-0.15, -0.1) is 0 Å². The molecule has 2 fully saturated rings. The van der Waals surface area contributed by atoms with Crippen molar-refractivity contribution in [1.82, 2.24) is 0 Å². The van der Waals surface area contributed by atoms with Crippen molar-refractivity contribution in [3.8, 4) is 0 Å². The summed E-state index contributed by atoms with van der Waals surface area (Å²) in [6, 6.07) is 0. The maximum absolute atomic E-state index is 10.7. The van der Waals surface area contributed by atoms with E-state index in [9.17, 15) is 40.9 Å². The topological polar surface area (TPSA) is 201 Å². The van der Waals surface area contributed by atoms with Gasteiger partial charge in [-0.1, -0.05) is 0 Å². The highest BCUT2D eigenvalue weighted by molar-refractivity contribution is 5.11. The van der Waals surface area contributed by atoms with E-state index >= 15 is 0 Å². The van der Waals surface area contributed by atoms with Gasteiger partial charge in [0.1, 0.15) is 48.8 Å². The number of rotatable bonds is 3. The van der Waals surface area contributed by atoms with Gasteiger partial charge in [0.25, 0.3) is 0 Å². The molecule has 2 aliphatic heterocycles. The molecule has 0 radical (unpaired) electrons. The second-order valence-electron chi connectivity index (χ2n) is 5.77. The molecule has 2 saturated heterocycles. The van der Waals surface area contributed by atoms with Gasteiger partial charge in [0, 0.05) is 0 Å². The van der Waals surface area contributed by atoms with Crippen LogP contribution in [0, 0.1) is 0 Å². The van der Waals surface area contributed by atoms with E-state index in [-0.39, 0.29) is 0 Å². The molecule has 23 heavy (non-hydrogen) atoms. The summed E-state index contributed by atoms with van der Waals surface area (Å²) in [4.78, 5) is 0. The Kier molecular flexibility index (Phi) is 5.60. The van der Waals surface area contributed by atoms with Crippen molar-refractivity contribution in [3.63, 3.8) is 0 Å². The summed E-state index contributed by atoms with van der Waals surface area (Å²) in [6.45, 7) is -1.70. The number of ether oxygens (including phenoxy) is 2. The van der Waals surface area contributed by atoms with E-state index in [0.29, 0.717) is 0 Å². The lowest BCUT2D eigenvalue weighted by Crippen LogP contribution is -2.77. The quantitative estimate of drug-likeness (QED) is 0.236. The van der Waals surface area contributed by atoms with Crippen LogP contribution in [-0.2, 0) is 9.47 Å². The average Bonchev–Trinajstić information content (AvgIpc) is 2.54. The van der Waals surface area contributed by atoms with E-state index in [1.165, 1.54) is 0 Å². The van der Waals surface area contributed by atoms with Crippen LogP contribution in [0.2, 0.25) is 0 Å². The van der Waals surface area contributed by atoms with Crippen LogP contribution in [0.1, 0.15) is 0 Å². The molecule has 11 nitrogen and oxygen atoms in total. The normalized spacial score (nSPS) is 54.9. The molecule has 0 aromatic carbocycles. The third-order valence-corrected chi connectivity index (χ3v) is 4.42. The molecule has 10 atom stereocenters. The largest absolute Gasteiger partial charge is 0.394 e. The van der Waals surface area contributed by atoms with Crippen molar-refractivity contribution in [1.29, 1.82) is 0 Å². The SMILES string of the molecule is OC[C@@H]1O[C@H]([C@@]2(O)[C@H](CO)O[C@@H](O)[C@@H](O)[C@@H]2O)[C@@H](O)[C@H](O)[C@@H]1O. The molecule has 0 spiro atoms. The third-order valence-electron chi connectivity index (χ3n) is 4.42. The van der Waals surface area contributed by atoms with Gasteiger partial charge >= 0.3 is 0 Å². The van der Waals surface area contributed by atoms with Crippen LogP contribution in [0.25, 0.3) is 0 Å². The van der Waals surface area contributed by atoms with Crippen molar-refractivity contribution in [2.24, 2.45) is 0 Å². The summed E-state index contributed by atoms with van der Waals surface area (Å²) in [5, 5.41) is 88.0. The van der Waals surface area contributed by atoms with Gasteiger partial charge in [0.15, 0.2) is 11.9 Å². The van der Waals surface area contributed by atoms with Gasteiger partial charge in [-0.25, -0.2) is 0 Å². The first-order chi connectivity index (χ1) is 10.7. The number of aliphatic hydroxyl groups is 9. The summed E-state index contributed by atoms with van der Waals surface area (Å²) in [6.07, 6.45) is -16.4. The van der Waals surface area contributed by atoms with Crippen LogP contribution in [0.5, 0.6) is 0 Å². The smallest absolute Gasteiger partial charge is 0.184 e. The Morgan fingerprint density at radius 1 is 0.739 bits per heavy atom. The fourth-order valence-corrected chi connectivity index (χ4v) is 3.00. The van der Waals surface area contributed by atoms with Crippen LogP contribution in [0.4, 0.5) is 0 Å². The minimum atomic E-state index is -2.64. The van der Waals surface area contributed by atoms with Crippen molar-refractivity contribution < 1.29 is 55.4 Å². The molecule has 136 valence electrons.